The van der Waals surface area contributed by atoms with Crippen molar-refractivity contribution in [2.24, 2.45) is 0 Å². The smallest absolute Gasteiger partial charge is 0.164 e. The molecule has 83 valence electrons. The molecule has 0 N–H and O–H groups in total. The van der Waals surface area contributed by atoms with Crippen LogP contribution in [0.15, 0.2) is 0 Å². The molecule has 1 rings (SSSR count). The molecule has 0 amide bonds. The van der Waals surface area contributed by atoms with E-state index in [1.54, 1.807) is 0 Å². The minimum atomic E-state index is 0.935. The highest BCUT2D eigenvalue weighted by atomic mass is 16.5. The number of ether oxygens (including phenoxy) is 1. The fourth-order valence-corrected chi connectivity index (χ4v) is 1.79. The Bertz CT molecular complexity index is 124. The average Bonchev–Trinajstić information content (AvgIpc) is 2.71. The molecule has 1 radical (unpaired) electrons. The molecule has 0 saturated carbocycles. The molecular formula is C12H24NO. The van der Waals surface area contributed by atoms with E-state index in [9.17, 15) is 0 Å². The van der Waals surface area contributed by atoms with Gasteiger partial charge in [-0.25, -0.2) is 0 Å². The molecule has 14 heavy (non-hydrogen) atoms. The average molecular weight is 198 g/mol. The fourth-order valence-electron chi connectivity index (χ4n) is 1.79. The van der Waals surface area contributed by atoms with Crippen LogP contribution in [0.4, 0.5) is 0 Å². The topological polar surface area (TPSA) is 12.5 Å². The Morgan fingerprint density at radius 1 is 1.14 bits per heavy atom. The summed E-state index contributed by atoms with van der Waals surface area (Å²) in [5, 5.41) is 0. The van der Waals surface area contributed by atoms with E-state index in [4.69, 9.17) is 4.74 Å². The molecule has 1 saturated heterocycles. The standard InChI is InChI=1S/C12H24NO/c1-3-5-9-13(10-6-4-2)12-8-7-11-14-12/h3-11H2,1-2H3. The van der Waals surface area contributed by atoms with Crippen molar-refractivity contribution < 1.29 is 4.74 Å². The van der Waals surface area contributed by atoms with Crippen molar-refractivity contribution in [3.05, 3.63) is 6.23 Å². The monoisotopic (exact) mass is 198 g/mol. The zero-order chi connectivity index (χ0) is 10.2. The van der Waals surface area contributed by atoms with Crippen LogP contribution in [0.5, 0.6) is 0 Å². The zero-order valence-electron chi connectivity index (χ0n) is 9.72. The van der Waals surface area contributed by atoms with Crippen molar-refractivity contribution in [3.63, 3.8) is 0 Å². The van der Waals surface area contributed by atoms with Gasteiger partial charge in [-0.2, -0.15) is 0 Å². The number of hydrogen-bond donors (Lipinski definition) is 0. The molecule has 1 aliphatic rings. The van der Waals surface area contributed by atoms with Gasteiger partial charge in [0.2, 0.25) is 0 Å². The second-order valence-electron chi connectivity index (χ2n) is 4.04. The molecule has 0 aromatic heterocycles. The lowest BCUT2D eigenvalue weighted by Gasteiger charge is -2.26. The SMILES string of the molecule is CCCCN(CCCC)[C]1CCCO1. The normalized spacial score (nSPS) is 18.2. The van der Waals surface area contributed by atoms with Crippen molar-refractivity contribution in [2.75, 3.05) is 19.7 Å². The molecule has 2 heteroatoms. The van der Waals surface area contributed by atoms with Crippen LogP contribution in [0.2, 0.25) is 0 Å². The predicted octanol–water partition coefficient (Wildman–Crippen LogP) is 3.19. The van der Waals surface area contributed by atoms with E-state index in [0.717, 1.165) is 13.0 Å². The number of hydrogen-bond acceptors (Lipinski definition) is 2. The highest BCUT2D eigenvalue weighted by Gasteiger charge is 2.23. The quantitative estimate of drug-likeness (QED) is 0.623. The lowest BCUT2D eigenvalue weighted by atomic mass is 10.2. The molecule has 0 spiro atoms. The summed E-state index contributed by atoms with van der Waals surface area (Å²) in [4.78, 5) is 2.46. The molecule has 0 atom stereocenters. The van der Waals surface area contributed by atoms with Crippen molar-refractivity contribution in [1.82, 2.24) is 4.90 Å². The summed E-state index contributed by atoms with van der Waals surface area (Å²) in [7, 11) is 0. The summed E-state index contributed by atoms with van der Waals surface area (Å²) in [6.07, 6.45) is 8.75. The van der Waals surface area contributed by atoms with Crippen LogP contribution >= 0.6 is 0 Å². The lowest BCUT2D eigenvalue weighted by molar-refractivity contribution is 0.0715. The first-order valence-electron chi connectivity index (χ1n) is 6.12. The van der Waals surface area contributed by atoms with Crippen LogP contribution < -0.4 is 0 Å². The van der Waals surface area contributed by atoms with Crippen LogP contribution in [-0.2, 0) is 4.74 Å². The van der Waals surface area contributed by atoms with Crippen LogP contribution in [-0.4, -0.2) is 24.6 Å². The summed E-state index contributed by atoms with van der Waals surface area (Å²) in [5.74, 6) is 0. The number of nitrogens with zero attached hydrogens (tertiary/aromatic N) is 1. The van der Waals surface area contributed by atoms with Gasteiger partial charge in [0.15, 0.2) is 6.23 Å². The van der Waals surface area contributed by atoms with E-state index in [2.05, 4.69) is 18.7 Å². The van der Waals surface area contributed by atoms with Crippen molar-refractivity contribution in [2.45, 2.75) is 52.4 Å². The Hall–Kier alpha value is -0.0800. The first kappa shape index (κ1) is 12.0. The maximum atomic E-state index is 5.65. The first-order valence-corrected chi connectivity index (χ1v) is 6.12. The number of unbranched alkanes of at least 4 members (excludes halogenated alkanes) is 2. The summed E-state index contributed by atoms with van der Waals surface area (Å²) in [5.41, 5.74) is 0. The zero-order valence-corrected chi connectivity index (χ0v) is 9.72. The Morgan fingerprint density at radius 3 is 2.21 bits per heavy atom. The molecule has 0 aromatic carbocycles. The fraction of sp³-hybridized carbons (Fsp3) is 0.917. The van der Waals surface area contributed by atoms with Gasteiger partial charge in [-0.1, -0.05) is 26.7 Å². The van der Waals surface area contributed by atoms with E-state index in [0.29, 0.717) is 0 Å². The second-order valence-corrected chi connectivity index (χ2v) is 4.04. The van der Waals surface area contributed by atoms with Crippen molar-refractivity contribution in [3.8, 4) is 0 Å². The highest BCUT2D eigenvalue weighted by Crippen LogP contribution is 2.24. The third kappa shape index (κ3) is 3.97. The minimum Gasteiger partial charge on any atom is -0.356 e. The van der Waals surface area contributed by atoms with Gasteiger partial charge in [0.05, 0.1) is 0 Å². The second kappa shape index (κ2) is 7.24. The summed E-state index contributed by atoms with van der Waals surface area (Å²) < 4.78 is 5.65. The Balaban J connectivity index is 2.26. The van der Waals surface area contributed by atoms with Gasteiger partial charge in [0, 0.05) is 19.7 Å². The van der Waals surface area contributed by atoms with E-state index < -0.39 is 0 Å². The molecule has 0 unspecified atom stereocenters. The Kier molecular flexibility index (Phi) is 6.20. The van der Waals surface area contributed by atoms with Gasteiger partial charge in [0.1, 0.15) is 0 Å². The van der Waals surface area contributed by atoms with E-state index in [1.165, 1.54) is 51.4 Å². The van der Waals surface area contributed by atoms with Crippen LogP contribution in [0.25, 0.3) is 0 Å². The third-order valence-corrected chi connectivity index (χ3v) is 2.72. The molecule has 1 aliphatic heterocycles. The predicted molar refractivity (Wildman–Crippen MR) is 59.8 cm³/mol. The van der Waals surface area contributed by atoms with E-state index >= 15 is 0 Å². The molecule has 0 bridgehead atoms. The van der Waals surface area contributed by atoms with Crippen LogP contribution in [0, 0.1) is 6.23 Å². The highest BCUT2D eigenvalue weighted by molar-refractivity contribution is 4.83. The number of rotatable bonds is 7. The summed E-state index contributed by atoms with van der Waals surface area (Å²) in [6.45, 7) is 7.80. The third-order valence-electron chi connectivity index (χ3n) is 2.72. The lowest BCUT2D eigenvalue weighted by Crippen LogP contribution is -2.30. The maximum Gasteiger partial charge on any atom is 0.164 e. The van der Waals surface area contributed by atoms with Crippen LogP contribution in [0.1, 0.15) is 52.4 Å². The Labute approximate surface area is 88.6 Å². The van der Waals surface area contributed by atoms with E-state index in [1.807, 2.05) is 0 Å². The van der Waals surface area contributed by atoms with Crippen molar-refractivity contribution in [1.29, 1.82) is 0 Å². The van der Waals surface area contributed by atoms with Gasteiger partial charge in [-0.15, -0.1) is 0 Å². The molecule has 1 fully saturated rings. The van der Waals surface area contributed by atoms with Gasteiger partial charge in [-0.05, 0) is 25.7 Å². The molecule has 0 aliphatic carbocycles. The van der Waals surface area contributed by atoms with Gasteiger partial charge < -0.3 is 4.74 Å². The first-order chi connectivity index (χ1) is 6.88. The summed E-state index contributed by atoms with van der Waals surface area (Å²) in [6, 6.07) is 0. The van der Waals surface area contributed by atoms with E-state index in [-0.39, 0.29) is 0 Å². The largest absolute Gasteiger partial charge is 0.356 e. The molecule has 1 heterocycles. The van der Waals surface area contributed by atoms with Gasteiger partial charge in [0.25, 0.3) is 0 Å². The molecule has 0 aromatic rings. The molecule has 2 nitrogen and oxygen atoms in total. The van der Waals surface area contributed by atoms with Gasteiger partial charge in [-0.3, -0.25) is 4.90 Å². The summed E-state index contributed by atoms with van der Waals surface area (Å²) >= 11 is 0. The Morgan fingerprint density at radius 2 is 1.79 bits per heavy atom. The maximum absolute atomic E-state index is 5.65. The van der Waals surface area contributed by atoms with Crippen molar-refractivity contribution >= 4 is 0 Å². The minimum absolute atomic E-state index is 0.935. The van der Waals surface area contributed by atoms with Crippen LogP contribution in [0.3, 0.4) is 0 Å². The van der Waals surface area contributed by atoms with Gasteiger partial charge >= 0.3 is 0 Å². The molecular weight excluding hydrogens is 174 g/mol.